The minimum atomic E-state index is -4.45. The average Bonchev–Trinajstić information content (AvgIpc) is 3.05. The first-order valence-corrected chi connectivity index (χ1v) is 11.7. The van der Waals surface area contributed by atoms with E-state index in [0.29, 0.717) is 56.3 Å². The lowest BCUT2D eigenvalue weighted by Crippen LogP contribution is -2.51. The molecule has 178 valence electrons. The second-order valence-electron chi connectivity index (χ2n) is 8.82. The van der Waals surface area contributed by atoms with E-state index in [9.17, 15) is 18.0 Å². The van der Waals surface area contributed by atoms with E-state index in [1.165, 1.54) is 6.07 Å². The summed E-state index contributed by atoms with van der Waals surface area (Å²) in [6.07, 6.45) is -2.86. The predicted molar refractivity (Wildman–Crippen MR) is 121 cm³/mol. The largest absolute Gasteiger partial charge is 0.416 e. The highest BCUT2D eigenvalue weighted by atomic mass is 35.5. The Balaban J connectivity index is 1.52. The zero-order valence-corrected chi connectivity index (χ0v) is 19.2. The molecule has 8 heteroatoms. The third-order valence-corrected chi connectivity index (χ3v) is 6.95. The van der Waals surface area contributed by atoms with Crippen LogP contribution in [0.15, 0.2) is 48.5 Å². The number of carbonyl (C=O) groups excluding carboxylic acids is 1. The van der Waals surface area contributed by atoms with Gasteiger partial charge in [-0.05, 0) is 48.6 Å². The minimum absolute atomic E-state index is 0.0848. The summed E-state index contributed by atoms with van der Waals surface area (Å²) >= 11 is 5.98. The van der Waals surface area contributed by atoms with Crippen LogP contribution in [0.3, 0.4) is 0 Å². The third-order valence-electron chi connectivity index (χ3n) is 6.69. The molecule has 0 N–H and O–H groups in total. The van der Waals surface area contributed by atoms with Gasteiger partial charge in [0.15, 0.2) is 0 Å². The molecule has 1 amide bonds. The number of hydrogen-bond donors (Lipinski definition) is 0. The highest BCUT2D eigenvalue weighted by Gasteiger charge is 2.45. The lowest BCUT2D eigenvalue weighted by Gasteiger charge is -2.40. The normalized spacial score (nSPS) is 19.8. The lowest BCUT2D eigenvalue weighted by molar-refractivity contribution is -0.142. The van der Waals surface area contributed by atoms with Crippen LogP contribution in [0, 0.1) is 0 Å². The van der Waals surface area contributed by atoms with Crippen LogP contribution in [-0.4, -0.2) is 55.1 Å². The van der Waals surface area contributed by atoms with E-state index in [1.807, 2.05) is 29.2 Å². The van der Waals surface area contributed by atoms with E-state index >= 15 is 0 Å². The van der Waals surface area contributed by atoms with Crippen LogP contribution in [0.5, 0.6) is 0 Å². The third kappa shape index (κ3) is 5.53. The van der Waals surface area contributed by atoms with E-state index in [2.05, 4.69) is 4.90 Å². The van der Waals surface area contributed by atoms with Gasteiger partial charge in [-0.3, -0.25) is 9.69 Å². The molecular weight excluding hydrogens is 453 g/mol. The number of alkyl halides is 3. The van der Waals surface area contributed by atoms with Gasteiger partial charge in [0.05, 0.1) is 11.0 Å². The number of carbonyl (C=O) groups is 1. The van der Waals surface area contributed by atoms with Crippen LogP contribution in [0.2, 0.25) is 5.02 Å². The Labute approximate surface area is 197 Å². The number of nitrogens with zero attached hydrogens (tertiary/aromatic N) is 2. The van der Waals surface area contributed by atoms with Crippen molar-refractivity contribution >= 4 is 17.5 Å². The van der Waals surface area contributed by atoms with E-state index in [-0.39, 0.29) is 5.91 Å². The van der Waals surface area contributed by atoms with Crippen molar-refractivity contribution in [1.29, 1.82) is 0 Å². The van der Waals surface area contributed by atoms with Gasteiger partial charge in [-0.2, -0.15) is 13.2 Å². The van der Waals surface area contributed by atoms with Crippen molar-refractivity contribution in [3.63, 3.8) is 0 Å². The van der Waals surface area contributed by atoms with Gasteiger partial charge in [-0.1, -0.05) is 41.9 Å². The Morgan fingerprint density at radius 1 is 1.00 bits per heavy atom. The zero-order valence-electron chi connectivity index (χ0n) is 18.4. The van der Waals surface area contributed by atoms with E-state index < -0.39 is 17.2 Å². The Bertz CT molecular complexity index is 959. The van der Waals surface area contributed by atoms with Crippen molar-refractivity contribution < 1.29 is 22.7 Å². The Morgan fingerprint density at radius 2 is 1.73 bits per heavy atom. The van der Waals surface area contributed by atoms with Crippen LogP contribution in [-0.2, 0) is 27.7 Å². The number of halogens is 4. The molecule has 0 radical (unpaired) electrons. The molecule has 2 aromatic carbocycles. The molecular formula is C25H28ClF3N2O2. The Kier molecular flexibility index (Phi) is 7.31. The molecule has 2 saturated heterocycles. The van der Waals surface area contributed by atoms with Gasteiger partial charge in [0.2, 0.25) is 5.91 Å². The van der Waals surface area contributed by atoms with Gasteiger partial charge in [0, 0.05) is 51.0 Å². The summed E-state index contributed by atoms with van der Waals surface area (Å²) in [5.74, 6) is -0.0848. The summed E-state index contributed by atoms with van der Waals surface area (Å²) in [5, 5.41) is 0.697. The molecule has 0 bridgehead atoms. The maximum Gasteiger partial charge on any atom is 0.416 e. The number of hydrogen-bond acceptors (Lipinski definition) is 3. The van der Waals surface area contributed by atoms with Gasteiger partial charge in [-0.25, -0.2) is 0 Å². The maximum absolute atomic E-state index is 13.8. The van der Waals surface area contributed by atoms with Crippen molar-refractivity contribution in [3.05, 3.63) is 70.2 Å². The van der Waals surface area contributed by atoms with Crippen molar-refractivity contribution in [2.75, 3.05) is 39.4 Å². The topological polar surface area (TPSA) is 32.8 Å². The van der Waals surface area contributed by atoms with Crippen molar-refractivity contribution in [2.24, 2.45) is 0 Å². The van der Waals surface area contributed by atoms with E-state index in [0.717, 1.165) is 37.2 Å². The molecule has 2 aliphatic heterocycles. The molecule has 2 heterocycles. The fourth-order valence-electron chi connectivity index (χ4n) is 4.82. The first-order chi connectivity index (χ1) is 15.8. The smallest absolute Gasteiger partial charge is 0.381 e. The van der Waals surface area contributed by atoms with E-state index in [4.69, 9.17) is 16.3 Å². The van der Waals surface area contributed by atoms with Crippen molar-refractivity contribution in [2.45, 2.75) is 37.4 Å². The van der Waals surface area contributed by atoms with Crippen LogP contribution < -0.4 is 0 Å². The van der Waals surface area contributed by atoms with Gasteiger partial charge >= 0.3 is 6.18 Å². The standard InChI is InChI=1S/C25H28ClF3N2O2/c26-22-7-5-19(6-8-22)18-30-11-2-12-31(14-13-30)23(32)24(9-15-33-16-10-24)20-3-1-4-21(17-20)25(27,28)29/h1,3-8,17H,2,9-16,18H2. The van der Waals surface area contributed by atoms with Crippen LogP contribution >= 0.6 is 11.6 Å². The quantitative estimate of drug-likeness (QED) is 0.607. The summed E-state index contributed by atoms with van der Waals surface area (Å²) in [5.41, 5.74) is -0.106. The van der Waals surface area contributed by atoms with E-state index in [1.54, 1.807) is 6.07 Å². The molecule has 0 unspecified atom stereocenters. The molecule has 0 atom stereocenters. The Hall–Kier alpha value is -2.09. The number of benzene rings is 2. The summed E-state index contributed by atoms with van der Waals surface area (Å²) in [7, 11) is 0. The van der Waals surface area contributed by atoms with Crippen LogP contribution in [0.4, 0.5) is 13.2 Å². The molecule has 2 aliphatic rings. The van der Waals surface area contributed by atoms with Crippen LogP contribution in [0.25, 0.3) is 0 Å². The first-order valence-electron chi connectivity index (χ1n) is 11.3. The van der Waals surface area contributed by atoms with Crippen LogP contribution in [0.1, 0.15) is 36.0 Å². The van der Waals surface area contributed by atoms with Gasteiger partial charge in [-0.15, -0.1) is 0 Å². The predicted octanol–water partition coefficient (Wildman–Crippen LogP) is 5.14. The molecule has 33 heavy (non-hydrogen) atoms. The second-order valence-corrected chi connectivity index (χ2v) is 9.26. The molecule has 2 fully saturated rings. The summed E-state index contributed by atoms with van der Waals surface area (Å²) < 4.78 is 45.6. The Morgan fingerprint density at radius 3 is 2.42 bits per heavy atom. The summed E-state index contributed by atoms with van der Waals surface area (Å²) in [4.78, 5) is 18.0. The maximum atomic E-state index is 13.8. The van der Waals surface area contributed by atoms with Crippen molar-refractivity contribution in [3.8, 4) is 0 Å². The zero-order chi connectivity index (χ0) is 23.5. The monoisotopic (exact) mass is 480 g/mol. The molecule has 0 spiro atoms. The summed E-state index contributed by atoms with van der Waals surface area (Å²) in [6.45, 7) is 4.20. The van der Waals surface area contributed by atoms with Gasteiger partial charge in [0.1, 0.15) is 0 Å². The second kappa shape index (κ2) is 10.0. The minimum Gasteiger partial charge on any atom is -0.381 e. The van der Waals surface area contributed by atoms with Gasteiger partial charge < -0.3 is 9.64 Å². The molecule has 0 aromatic heterocycles. The average molecular weight is 481 g/mol. The number of ether oxygens (including phenoxy) is 1. The fourth-order valence-corrected chi connectivity index (χ4v) is 4.95. The lowest BCUT2D eigenvalue weighted by atomic mass is 9.72. The molecule has 4 rings (SSSR count). The highest BCUT2D eigenvalue weighted by Crippen LogP contribution is 2.39. The number of amides is 1. The molecule has 4 nitrogen and oxygen atoms in total. The van der Waals surface area contributed by atoms with Crippen molar-refractivity contribution in [1.82, 2.24) is 9.80 Å². The first kappa shape index (κ1) is 24.0. The SMILES string of the molecule is O=C(N1CCCN(Cc2ccc(Cl)cc2)CC1)C1(c2cccc(C(F)(F)F)c2)CCOCC1. The fraction of sp³-hybridized carbons (Fsp3) is 0.480. The molecule has 2 aromatic rings. The number of rotatable bonds is 4. The molecule has 0 aliphatic carbocycles. The molecule has 0 saturated carbocycles. The van der Waals surface area contributed by atoms with Gasteiger partial charge in [0.25, 0.3) is 0 Å². The summed E-state index contributed by atoms with van der Waals surface area (Å²) in [6, 6.07) is 13.0. The highest BCUT2D eigenvalue weighted by molar-refractivity contribution is 6.30.